The summed E-state index contributed by atoms with van der Waals surface area (Å²) in [4.78, 5) is 47.9. The van der Waals surface area contributed by atoms with Gasteiger partial charge < -0.3 is 36.1 Å². The second-order valence-electron chi connectivity index (χ2n) is 11.4. The SMILES string of the molecule is CCOc1cc2ncc(C(N)=O)c(Nc3cccc(CNC(=O)C4NCc5ccccc54)c3CC)c2cc1OCC.O=C(O)C(F)(F)F.O=C(O)C(F)(F)F. The molecular weight excluding hydrogens is 744 g/mol. The number of nitrogens with zero attached hydrogens (tertiary/aromatic N) is 1. The second kappa shape index (κ2) is 18.8. The van der Waals surface area contributed by atoms with Gasteiger partial charge in [0.15, 0.2) is 11.5 Å². The number of benzene rings is 3. The molecule has 1 aliphatic heterocycles. The van der Waals surface area contributed by atoms with Gasteiger partial charge in [-0.3, -0.25) is 19.9 Å². The molecule has 13 nitrogen and oxygen atoms in total. The normalized spacial score (nSPS) is 13.3. The first-order chi connectivity index (χ1) is 25.8. The molecule has 0 saturated carbocycles. The van der Waals surface area contributed by atoms with Crippen molar-refractivity contribution in [3.63, 3.8) is 0 Å². The summed E-state index contributed by atoms with van der Waals surface area (Å²) in [6, 6.07) is 17.1. The van der Waals surface area contributed by atoms with Crippen molar-refractivity contribution in [2.75, 3.05) is 18.5 Å². The Kier molecular flexibility index (Phi) is 14.8. The molecule has 0 saturated heterocycles. The van der Waals surface area contributed by atoms with E-state index in [1.54, 1.807) is 0 Å². The van der Waals surface area contributed by atoms with Crippen LogP contribution >= 0.6 is 0 Å². The summed E-state index contributed by atoms with van der Waals surface area (Å²) in [6.07, 6.45) is -7.99. The molecular formula is C36H37F6N5O8. The maximum atomic E-state index is 13.1. The number of hydrogen-bond donors (Lipinski definition) is 6. The maximum Gasteiger partial charge on any atom is 0.490 e. The fourth-order valence-corrected chi connectivity index (χ4v) is 5.34. The number of rotatable bonds is 11. The van der Waals surface area contributed by atoms with Crippen LogP contribution in [0.5, 0.6) is 11.5 Å². The zero-order chi connectivity index (χ0) is 41.1. The summed E-state index contributed by atoms with van der Waals surface area (Å²) in [5.41, 5.74) is 12.2. The van der Waals surface area contributed by atoms with E-state index < -0.39 is 30.2 Å². The molecule has 0 radical (unpaired) electrons. The van der Waals surface area contributed by atoms with Crippen LogP contribution in [0.2, 0.25) is 0 Å². The van der Waals surface area contributed by atoms with Gasteiger partial charge >= 0.3 is 24.3 Å². The van der Waals surface area contributed by atoms with Gasteiger partial charge in [0.25, 0.3) is 5.91 Å². The zero-order valence-electron chi connectivity index (χ0n) is 29.5. The van der Waals surface area contributed by atoms with Gasteiger partial charge in [-0.25, -0.2) is 9.59 Å². The molecule has 1 atom stereocenters. The van der Waals surface area contributed by atoms with Gasteiger partial charge in [0.1, 0.15) is 6.04 Å². The molecule has 0 aliphatic carbocycles. The van der Waals surface area contributed by atoms with E-state index in [4.69, 9.17) is 35.0 Å². The van der Waals surface area contributed by atoms with Crippen LogP contribution in [0.4, 0.5) is 37.7 Å². The number of ether oxygens (including phenoxy) is 2. The minimum absolute atomic E-state index is 0.0694. The molecule has 2 heterocycles. The number of carbonyl (C=O) groups is 4. The van der Waals surface area contributed by atoms with E-state index in [0.717, 1.165) is 27.9 Å². The molecule has 1 unspecified atom stereocenters. The van der Waals surface area contributed by atoms with Crippen molar-refractivity contribution in [2.24, 2.45) is 5.73 Å². The molecule has 2 amide bonds. The van der Waals surface area contributed by atoms with Crippen LogP contribution in [0, 0.1) is 0 Å². The zero-order valence-corrected chi connectivity index (χ0v) is 29.5. The minimum Gasteiger partial charge on any atom is -0.490 e. The Labute approximate surface area is 309 Å². The molecule has 296 valence electrons. The average Bonchev–Trinajstić information content (AvgIpc) is 3.55. The van der Waals surface area contributed by atoms with Gasteiger partial charge in [-0.1, -0.05) is 43.3 Å². The Morgan fingerprint density at radius 2 is 1.47 bits per heavy atom. The lowest BCUT2D eigenvalue weighted by atomic mass is 10.0. The molecule has 1 aliphatic rings. The number of aromatic nitrogens is 1. The topological polar surface area (TPSA) is 202 Å². The maximum absolute atomic E-state index is 13.1. The molecule has 55 heavy (non-hydrogen) atoms. The van der Waals surface area contributed by atoms with Gasteiger partial charge in [-0.2, -0.15) is 26.3 Å². The summed E-state index contributed by atoms with van der Waals surface area (Å²) >= 11 is 0. The van der Waals surface area contributed by atoms with Crippen molar-refractivity contribution in [1.29, 1.82) is 0 Å². The lowest BCUT2D eigenvalue weighted by Crippen LogP contribution is -2.34. The standard InChI is InChI=1S/C32H35N5O4.2C2HF3O2/c1-4-21-19(17-36-32(39)30-22-12-8-7-10-20(22)16-35-30)11-9-13-25(21)37-29-23-14-27(40-5-2)28(41-6-3)15-26(23)34-18-24(29)31(33)38;2*3-2(4,5)1(6)7/h7-15,18,30,35H,4-6,16-17H2,1-3H3,(H2,33,38)(H,34,37)(H,36,39);2*(H,6,7). The quantitative estimate of drug-likeness (QED) is 0.0952. The molecule has 4 aromatic rings. The number of carbonyl (C=O) groups excluding carboxylic acids is 2. The summed E-state index contributed by atoms with van der Waals surface area (Å²) in [6.45, 7) is 7.83. The average molecular weight is 782 g/mol. The lowest BCUT2D eigenvalue weighted by Gasteiger charge is -2.20. The van der Waals surface area contributed by atoms with E-state index in [1.807, 2.05) is 68.4 Å². The molecule has 7 N–H and O–H groups in total. The first kappa shape index (κ1) is 43.3. The van der Waals surface area contributed by atoms with Gasteiger partial charge in [0.05, 0.1) is 30.0 Å². The Morgan fingerprint density at radius 3 is 2.02 bits per heavy atom. The fraction of sp³-hybridized carbons (Fsp3) is 0.306. The third-order valence-electron chi connectivity index (χ3n) is 7.75. The number of pyridine rings is 1. The molecule has 0 spiro atoms. The summed E-state index contributed by atoms with van der Waals surface area (Å²) in [5.74, 6) is -5.04. The van der Waals surface area contributed by atoms with Crippen LogP contribution in [0.3, 0.4) is 0 Å². The first-order valence-corrected chi connectivity index (χ1v) is 16.4. The highest BCUT2D eigenvalue weighted by molar-refractivity contribution is 6.08. The largest absolute Gasteiger partial charge is 0.490 e. The smallest absolute Gasteiger partial charge is 0.490 e. The predicted octanol–water partition coefficient (Wildman–Crippen LogP) is 6.16. The van der Waals surface area contributed by atoms with Crippen molar-refractivity contribution in [1.82, 2.24) is 15.6 Å². The summed E-state index contributed by atoms with van der Waals surface area (Å²) < 4.78 is 75.1. The Hall–Kier alpha value is -6.11. The highest BCUT2D eigenvalue weighted by atomic mass is 19.4. The van der Waals surface area contributed by atoms with Gasteiger partial charge in [-0.15, -0.1) is 0 Å². The van der Waals surface area contributed by atoms with E-state index in [-0.39, 0.29) is 17.5 Å². The lowest BCUT2D eigenvalue weighted by molar-refractivity contribution is -0.193. The van der Waals surface area contributed by atoms with Gasteiger partial charge in [-0.05, 0) is 54.7 Å². The van der Waals surface area contributed by atoms with Crippen LogP contribution in [0.1, 0.15) is 59.4 Å². The number of fused-ring (bicyclic) bond motifs is 2. The Morgan fingerprint density at radius 1 is 0.891 bits per heavy atom. The van der Waals surface area contributed by atoms with Crippen LogP contribution in [-0.2, 0) is 33.9 Å². The van der Waals surface area contributed by atoms with Crippen molar-refractivity contribution in [3.8, 4) is 11.5 Å². The summed E-state index contributed by atoms with van der Waals surface area (Å²) in [7, 11) is 0. The van der Waals surface area contributed by atoms with Gasteiger partial charge in [0.2, 0.25) is 5.91 Å². The third-order valence-corrected chi connectivity index (χ3v) is 7.75. The Balaban J connectivity index is 0.000000494. The number of halogens is 6. The number of primary amides is 1. The number of nitrogens with two attached hydrogens (primary N) is 1. The molecule has 0 bridgehead atoms. The number of hydrogen-bond acceptors (Lipinski definition) is 9. The highest BCUT2D eigenvalue weighted by Gasteiger charge is 2.39. The number of amides is 2. The highest BCUT2D eigenvalue weighted by Crippen LogP contribution is 2.38. The summed E-state index contributed by atoms with van der Waals surface area (Å²) in [5, 5.41) is 24.8. The number of alkyl halides is 6. The van der Waals surface area contributed by atoms with E-state index in [0.29, 0.717) is 60.8 Å². The molecule has 5 rings (SSSR count). The molecule has 0 fully saturated rings. The number of carboxylic acids is 2. The van der Waals surface area contributed by atoms with Crippen molar-refractivity contribution < 1.29 is 65.2 Å². The molecule has 1 aromatic heterocycles. The van der Waals surface area contributed by atoms with Gasteiger partial charge in [0, 0.05) is 36.4 Å². The number of carboxylic acid groups (broad SMARTS) is 2. The van der Waals surface area contributed by atoms with Crippen molar-refractivity contribution >= 4 is 46.0 Å². The molecule has 3 aromatic carbocycles. The van der Waals surface area contributed by atoms with Crippen LogP contribution in [0.15, 0.2) is 60.8 Å². The first-order valence-electron chi connectivity index (χ1n) is 16.4. The van der Waals surface area contributed by atoms with E-state index >= 15 is 0 Å². The van der Waals surface area contributed by atoms with E-state index in [9.17, 15) is 35.9 Å². The molecule has 19 heteroatoms. The predicted molar refractivity (Wildman–Crippen MR) is 187 cm³/mol. The van der Waals surface area contributed by atoms with E-state index in [2.05, 4.69) is 27.9 Å². The second-order valence-corrected chi connectivity index (χ2v) is 11.4. The third kappa shape index (κ3) is 11.4. The number of anilines is 2. The fourth-order valence-electron chi connectivity index (χ4n) is 5.34. The van der Waals surface area contributed by atoms with Crippen LogP contribution < -0.4 is 31.2 Å². The number of nitrogens with one attached hydrogen (secondary N) is 3. The minimum atomic E-state index is -5.08. The van der Waals surface area contributed by atoms with E-state index in [1.165, 1.54) is 6.20 Å². The Bertz CT molecular complexity index is 2000. The monoisotopic (exact) mass is 781 g/mol. The van der Waals surface area contributed by atoms with Crippen LogP contribution in [-0.4, -0.2) is 64.5 Å². The van der Waals surface area contributed by atoms with Crippen molar-refractivity contribution in [2.45, 2.75) is 58.7 Å². The van der Waals surface area contributed by atoms with Crippen LogP contribution in [0.25, 0.3) is 10.9 Å². The number of aliphatic carboxylic acids is 2. The van der Waals surface area contributed by atoms with Crippen molar-refractivity contribution in [3.05, 3.63) is 88.6 Å².